The highest BCUT2D eigenvalue weighted by molar-refractivity contribution is 7.80. The van der Waals surface area contributed by atoms with Crippen molar-refractivity contribution in [3.63, 3.8) is 0 Å². The largest absolute Gasteiger partial charge is 0.444 e. The third kappa shape index (κ3) is 8.65. The molecule has 2 unspecified atom stereocenters. The third-order valence-electron chi connectivity index (χ3n) is 6.20. The molecule has 0 aliphatic carbocycles. The minimum Gasteiger partial charge on any atom is -0.444 e. The van der Waals surface area contributed by atoms with Gasteiger partial charge in [-0.3, -0.25) is 9.59 Å². The number of amides is 3. The monoisotopic (exact) mass is 539 g/mol. The van der Waals surface area contributed by atoms with E-state index in [4.69, 9.17) is 4.74 Å². The minimum absolute atomic E-state index is 0.0272. The fourth-order valence-corrected chi connectivity index (χ4v) is 4.15. The van der Waals surface area contributed by atoms with Crippen molar-refractivity contribution in [1.29, 1.82) is 0 Å². The van der Waals surface area contributed by atoms with Gasteiger partial charge in [0.05, 0.1) is 0 Å². The van der Waals surface area contributed by atoms with E-state index in [0.29, 0.717) is 18.5 Å². The van der Waals surface area contributed by atoms with E-state index < -0.39 is 35.2 Å². The Balaban J connectivity index is 2.54. The average Bonchev–Trinajstić information content (AvgIpc) is 2.88. The van der Waals surface area contributed by atoms with Crippen LogP contribution in [-0.2, 0) is 20.9 Å². The predicted molar refractivity (Wildman–Crippen MR) is 156 cm³/mol. The van der Waals surface area contributed by atoms with Crippen LogP contribution in [-0.4, -0.2) is 45.7 Å². The number of hydrogen-bond donors (Lipinski definition) is 3. The van der Waals surface area contributed by atoms with Crippen LogP contribution in [0.4, 0.5) is 4.79 Å². The molecule has 2 N–H and O–H groups in total. The van der Waals surface area contributed by atoms with E-state index in [-0.39, 0.29) is 11.7 Å². The van der Waals surface area contributed by atoms with Gasteiger partial charge in [-0.2, -0.15) is 12.6 Å². The molecular formula is C30H41N3O4S. The van der Waals surface area contributed by atoms with E-state index in [2.05, 4.69) is 29.8 Å². The Kier molecular flexibility index (Phi) is 11.0. The Morgan fingerprint density at radius 3 is 2.26 bits per heavy atom. The molecule has 0 saturated heterocycles. The lowest BCUT2D eigenvalue weighted by Crippen LogP contribution is -2.59. The number of ether oxygens (including phenoxy) is 1. The summed E-state index contributed by atoms with van der Waals surface area (Å²) in [7, 11) is 0. The number of benzene rings is 2. The molecule has 38 heavy (non-hydrogen) atoms. The van der Waals surface area contributed by atoms with Gasteiger partial charge < -0.3 is 20.3 Å². The molecule has 0 aromatic heterocycles. The zero-order valence-corrected chi connectivity index (χ0v) is 24.2. The molecule has 2 atom stereocenters. The van der Waals surface area contributed by atoms with E-state index in [1.165, 1.54) is 0 Å². The van der Waals surface area contributed by atoms with Gasteiger partial charge in [0.2, 0.25) is 11.8 Å². The number of alkyl carbamates (subject to hydrolysis) is 1. The predicted octanol–water partition coefficient (Wildman–Crippen LogP) is 5.53. The lowest BCUT2D eigenvalue weighted by molar-refractivity contribution is -0.149. The van der Waals surface area contributed by atoms with Crippen LogP contribution in [0.1, 0.15) is 70.7 Å². The van der Waals surface area contributed by atoms with Crippen LogP contribution in [0.15, 0.2) is 61.2 Å². The van der Waals surface area contributed by atoms with Gasteiger partial charge in [-0.15, -0.1) is 0 Å². The molecule has 0 spiro atoms. The fourth-order valence-electron chi connectivity index (χ4n) is 3.90. The molecule has 2 aromatic carbocycles. The van der Waals surface area contributed by atoms with Gasteiger partial charge in [-0.25, -0.2) is 4.79 Å². The zero-order valence-electron chi connectivity index (χ0n) is 23.3. The first-order chi connectivity index (χ1) is 17.8. The quantitative estimate of drug-likeness (QED) is 0.328. The Morgan fingerprint density at radius 1 is 1.05 bits per heavy atom. The summed E-state index contributed by atoms with van der Waals surface area (Å²) in [6.07, 6.45) is 1.53. The molecule has 7 nitrogen and oxygen atoms in total. The van der Waals surface area contributed by atoms with Crippen molar-refractivity contribution >= 4 is 36.6 Å². The van der Waals surface area contributed by atoms with Crippen LogP contribution in [0.2, 0.25) is 0 Å². The molecule has 3 amide bonds. The highest BCUT2D eigenvalue weighted by Gasteiger charge is 2.42. The number of carbonyl (C=O) groups excluding carboxylic acids is 3. The summed E-state index contributed by atoms with van der Waals surface area (Å²) < 4.78 is 5.38. The van der Waals surface area contributed by atoms with Crippen LogP contribution >= 0.6 is 12.6 Å². The summed E-state index contributed by atoms with van der Waals surface area (Å²) >= 11 is 4.36. The summed E-state index contributed by atoms with van der Waals surface area (Å²) in [6, 6.07) is 15.0. The molecular weight excluding hydrogens is 498 g/mol. The van der Waals surface area contributed by atoms with Gasteiger partial charge in [0.1, 0.15) is 17.7 Å². The van der Waals surface area contributed by atoms with E-state index in [0.717, 1.165) is 11.1 Å². The first-order valence-corrected chi connectivity index (χ1v) is 13.4. The number of rotatable bonds is 11. The Morgan fingerprint density at radius 2 is 1.71 bits per heavy atom. The van der Waals surface area contributed by atoms with Gasteiger partial charge in [-0.1, -0.05) is 68.1 Å². The van der Waals surface area contributed by atoms with E-state index >= 15 is 0 Å². The fraction of sp³-hybridized carbons (Fsp3) is 0.433. The van der Waals surface area contributed by atoms with Gasteiger partial charge >= 0.3 is 6.09 Å². The lowest BCUT2D eigenvalue weighted by atomic mass is 9.91. The van der Waals surface area contributed by atoms with Crippen molar-refractivity contribution in [3.05, 3.63) is 77.9 Å². The molecule has 2 aromatic rings. The van der Waals surface area contributed by atoms with Crippen molar-refractivity contribution < 1.29 is 19.1 Å². The Bertz CT molecular complexity index is 1110. The molecule has 206 valence electrons. The van der Waals surface area contributed by atoms with Crippen LogP contribution in [0.5, 0.6) is 0 Å². The molecule has 0 saturated carbocycles. The van der Waals surface area contributed by atoms with Crippen LogP contribution < -0.4 is 10.6 Å². The Hall–Kier alpha value is -3.26. The summed E-state index contributed by atoms with van der Waals surface area (Å²) in [4.78, 5) is 42.1. The van der Waals surface area contributed by atoms with Gasteiger partial charge in [0, 0.05) is 17.8 Å². The third-order valence-corrected chi connectivity index (χ3v) is 6.57. The molecule has 0 aliphatic heterocycles. The smallest absolute Gasteiger partial charge is 0.408 e. The molecule has 0 fully saturated rings. The number of nitrogens with one attached hydrogen (secondary N) is 2. The SMILES string of the molecule is C=Cc1cccc(C(C(=O)NCc2ccccc2)N(C(=O)C(CS)NC(=O)OC(C)(C)C)C(C)(C)CC)c1. The summed E-state index contributed by atoms with van der Waals surface area (Å²) in [5, 5.41) is 5.65. The van der Waals surface area contributed by atoms with Crippen molar-refractivity contribution in [2.24, 2.45) is 0 Å². The van der Waals surface area contributed by atoms with E-state index in [9.17, 15) is 14.4 Å². The molecule has 8 heteroatoms. The maximum atomic E-state index is 14.1. The standard InChI is InChI=1S/C30H41N3O4S/c1-8-21-16-13-17-23(18-21)25(26(34)31-19-22-14-11-10-12-15-22)33(30(6,7)9-2)27(35)24(20-38)32-28(36)37-29(3,4)5/h8,10-18,24-25,38H,1,9,19-20H2,2-7H3,(H,31,34)(H,32,36). The molecule has 0 heterocycles. The van der Waals surface area contributed by atoms with Gasteiger partial charge in [0.15, 0.2) is 0 Å². The van der Waals surface area contributed by atoms with Gasteiger partial charge in [-0.05, 0) is 63.8 Å². The molecule has 2 rings (SSSR count). The van der Waals surface area contributed by atoms with E-state index in [1.807, 2.05) is 75.4 Å². The maximum Gasteiger partial charge on any atom is 0.408 e. The second-order valence-electron chi connectivity index (χ2n) is 10.7. The highest BCUT2D eigenvalue weighted by Crippen LogP contribution is 2.33. The van der Waals surface area contributed by atoms with Crippen molar-refractivity contribution in [3.8, 4) is 0 Å². The topological polar surface area (TPSA) is 87.7 Å². The van der Waals surface area contributed by atoms with Gasteiger partial charge in [0.25, 0.3) is 0 Å². The molecule has 0 bridgehead atoms. The van der Waals surface area contributed by atoms with E-state index in [1.54, 1.807) is 31.7 Å². The second-order valence-corrected chi connectivity index (χ2v) is 11.1. The summed E-state index contributed by atoms with van der Waals surface area (Å²) in [5.41, 5.74) is 0.918. The van der Waals surface area contributed by atoms with Crippen molar-refractivity contribution in [1.82, 2.24) is 15.5 Å². The zero-order chi connectivity index (χ0) is 28.5. The molecule has 0 radical (unpaired) electrons. The number of hydrogen-bond acceptors (Lipinski definition) is 5. The van der Waals surface area contributed by atoms with Crippen molar-refractivity contribution in [2.75, 3.05) is 5.75 Å². The number of thiol groups is 1. The molecule has 0 aliphatic rings. The normalized spacial score (nSPS) is 13.1. The summed E-state index contributed by atoms with van der Waals surface area (Å²) in [5.74, 6) is -0.735. The highest BCUT2D eigenvalue weighted by atomic mass is 32.1. The first-order valence-electron chi connectivity index (χ1n) is 12.8. The summed E-state index contributed by atoms with van der Waals surface area (Å²) in [6.45, 7) is 15.2. The minimum atomic E-state index is -1.01. The van der Waals surface area contributed by atoms with Crippen LogP contribution in [0.25, 0.3) is 6.08 Å². The first kappa shape index (κ1) is 31.0. The average molecular weight is 540 g/mol. The second kappa shape index (κ2) is 13.5. The number of carbonyl (C=O) groups is 3. The van der Waals surface area contributed by atoms with Crippen LogP contribution in [0, 0.1) is 0 Å². The number of nitrogens with zero attached hydrogens (tertiary/aromatic N) is 1. The maximum absolute atomic E-state index is 14.1. The lowest BCUT2D eigenvalue weighted by Gasteiger charge is -2.44. The Labute approximate surface area is 232 Å². The van der Waals surface area contributed by atoms with Crippen molar-refractivity contribution in [2.45, 2.75) is 77.7 Å². The van der Waals surface area contributed by atoms with Crippen LogP contribution in [0.3, 0.4) is 0 Å².